The molecular formula is C15H18BrNO3. The highest BCUT2D eigenvalue weighted by Gasteiger charge is 2.30. The Morgan fingerprint density at radius 1 is 1.15 bits per heavy atom. The lowest BCUT2D eigenvalue weighted by molar-refractivity contribution is -0.141. The molecule has 1 aromatic carbocycles. The van der Waals surface area contributed by atoms with Gasteiger partial charge in [-0.3, -0.25) is 4.79 Å². The van der Waals surface area contributed by atoms with Crippen LogP contribution in [0.15, 0.2) is 28.7 Å². The van der Waals surface area contributed by atoms with Crippen molar-refractivity contribution in [3.05, 3.63) is 34.3 Å². The molecule has 1 aliphatic rings. The fraction of sp³-hybridized carbons (Fsp3) is 0.467. The van der Waals surface area contributed by atoms with Crippen LogP contribution in [0.4, 0.5) is 0 Å². The second-order valence-corrected chi connectivity index (χ2v) is 6.11. The Morgan fingerprint density at radius 2 is 1.75 bits per heavy atom. The van der Waals surface area contributed by atoms with Crippen molar-refractivity contribution in [3.8, 4) is 0 Å². The van der Waals surface area contributed by atoms with Crippen LogP contribution in [0, 0.1) is 5.92 Å². The quantitative estimate of drug-likeness (QED) is 0.884. The third-order valence-electron chi connectivity index (χ3n) is 3.78. The molecule has 1 unspecified atom stereocenters. The van der Waals surface area contributed by atoms with Crippen molar-refractivity contribution in [2.45, 2.75) is 38.1 Å². The van der Waals surface area contributed by atoms with Crippen LogP contribution in [0.25, 0.3) is 0 Å². The van der Waals surface area contributed by atoms with Gasteiger partial charge in [-0.25, -0.2) is 4.79 Å². The number of aliphatic carboxylic acids is 1. The van der Waals surface area contributed by atoms with Crippen molar-refractivity contribution < 1.29 is 14.7 Å². The average Bonchev–Trinajstić information content (AvgIpc) is 2.46. The zero-order chi connectivity index (χ0) is 14.5. The Bertz CT molecular complexity index is 480. The smallest absolute Gasteiger partial charge is 0.326 e. The Morgan fingerprint density at radius 3 is 2.30 bits per heavy atom. The Hall–Kier alpha value is -1.36. The number of hydrogen-bond acceptors (Lipinski definition) is 2. The van der Waals surface area contributed by atoms with Crippen molar-refractivity contribution >= 4 is 27.8 Å². The van der Waals surface area contributed by atoms with Crippen LogP contribution >= 0.6 is 15.9 Å². The molecule has 0 radical (unpaired) electrons. The number of benzene rings is 1. The molecule has 1 aromatic rings. The van der Waals surface area contributed by atoms with Crippen LogP contribution in [-0.4, -0.2) is 23.0 Å². The molecule has 1 aliphatic carbocycles. The van der Waals surface area contributed by atoms with Gasteiger partial charge in [-0.15, -0.1) is 0 Å². The van der Waals surface area contributed by atoms with E-state index in [0.717, 1.165) is 36.6 Å². The lowest BCUT2D eigenvalue weighted by atomic mass is 9.84. The maximum absolute atomic E-state index is 12.1. The van der Waals surface area contributed by atoms with Crippen molar-refractivity contribution in [3.63, 3.8) is 0 Å². The summed E-state index contributed by atoms with van der Waals surface area (Å²) in [5.74, 6) is -1.22. The number of halogens is 1. The largest absolute Gasteiger partial charge is 0.480 e. The van der Waals surface area contributed by atoms with Gasteiger partial charge in [-0.2, -0.15) is 0 Å². The summed E-state index contributed by atoms with van der Waals surface area (Å²) in [5.41, 5.74) is 0.482. The van der Waals surface area contributed by atoms with E-state index in [9.17, 15) is 14.7 Å². The summed E-state index contributed by atoms with van der Waals surface area (Å²) in [7, 11) is 0. The van der Waals surface area contributed by atoms with E-state index in [1.807, 2.05) is 0 Å². The Labute approximate surface area is 126 Å². The van der Waals surface area contributed by atoms with Crippen LogP contribution in [0.3, 0.4) is 0 Å². The van der Waals surface area contributed by atoms with Gasteiger partial charge in [0.1, 0.15) is 6.04 Å². The topological polar surface area (TPSA) is 66.4 Å². The molecule has 20 heavy (non-hydrogen) atoms. The molecule has 0 heterocycles. The molecule has 1 amide bonds. The first-order valence-electron chi connectivity index (χ1n) is 6.87. The van der Waals surface area contributed by atoms with Crippen molar-refractivity contribution in [2.24, 2.45) is 5.92 Å². The normalized spacial score (nSPS) is 17.4. The highest BCUT2D eigenvalue weighted by Crippen LogP contribution is 2.26. The first kappa shape index (κ1) is 15.0. The molecule has 0 spiro atoms. The van der Waals surface area contributed by atoms with Crippen molar-refractivity contribution in [1.82, 2.24) is 5.32 Å². The Balaban J connectivity index is 2.05. The van der Waals surface area contributed by atoms with Crippen LogP contribution < -0.4 is 5.32 Å². The summed E-state index contributed by atoms with van der Waals surface area (Å²) in [6.45, 7) is 0. The van der Waals surface area contributed by atoms with E-state index in [-0.39, 0.29) is 11.8 Å². The molecule has 2 N–H and O–H groups in total. The van der Waals surface area contributed by atoms with Gasteiger partial charge in [-0.05, 0) is 43.0 Å². The minimum absolute atomic E-state index is 0.0423. The standard InChI is InChI=1S/C15H18BrNO3/c16-12-8-6-11(7-9-12)14(18)17-13(15(19)20)10-4-2-1-3-5-10/h6-10,13H,1-5H2,(H,17,18)(H,19,20). The maximum Gasteiger partial charge on any atom is 0.326 e. The van der Waals surface area contributed by atoms with Gasteiger partial charge in [-0.1, -0.05) is 35.2 Å². The SMILES string of the molecule is O=C(NC(C(=O)O)C1CCCCC1)c1ccc(Br)cc1. The number of carbonyl (C=O) groups is 2. The predicted octanol–water partition coefficient (Wildman–Crippen LogP) is 3.21. The molecule has 0 aromatic heterocycles. The highest BCUT2D eigenvalue weighted by atomic mass is 79.9. The van der Waals surface area contributed by atoms with E-state index in [1.54, 1.807) is 24.3 Å². The lowest BCUT2D eigenvalue weighted by Crippen LogP contribution is -2.46. The number of carboxylic acid groups (broad SMARTS) is 1. The van der Waals surface area contributed by atoms with E-state index < -0.39 is 12.0 Å². The summed E-state index contributed by atoms with van der Waals surface area (Å²) < 4.78 is 0.885. The second-order valence-electron chi connectivity index (χ2n) is 5.19. The lowest BCUT2D eigenvalue weighted by Gasteiger charge is -2.28. The fourth-order valence-corrected chi connectivity index (χ4v) is 2.94. The van der Waals surface area contributed by atoms with Crippen LogP contribution in [0.5, 0.6) is 0 Å². The number of nitrogens with one attached hydrogen (secondary N) is 1. The molecule has 5 heteroatoms. The monoisotopic (exact) mass is 339 g/mol. The van der Waals surface area contributed by atoms with Gasteiger partial charge in [0.25, 0.3) is 5.91 Å². The van der Waals surface area contributed by atoms with Gasteiger partial charge in [0.05, 0.1) is 0 Å². The van der Waals surface area contributed by atoms with E-state index in [2.05, 4.69) is 21.2 Å². The number of amides is 1. The minimum atomic E-state index is -0.942. The number of hydrogen-bond donors (Lipinski definition) is 2. The molecule has 4 nitrogen and oxygen atoms in total. The van der Waals surface area contributed by atoms with Gasteiger partial charge < -0.3 is 10.4 Å². The summed E-state index contributed by atoms with van der Waals surface area (Å²) >= 11 is 3.31. The number of carbonyl (C=O) groups excluding carboxylic acids is 1. The molecule has 108 valence electrons. The zero-order valence-electron chi connectivity index (χ0n) is 11.1. The third kappa shape index (κ3) is 3.82. The molecule has 0 aliphatic heterocycles. The van der Waals surface area contributed by atoms with Crippen LogP contribution in [0.2, 0.25) is 0 Å². The summed E-state index contributed by atoms with van der Waals surface area (Å²) in [6.07, 6.45) is 4.99. The zero-order valence-corrected chi connectivity index (χ0v) is 12.7. The number of rotatable bonds is 4. The number of carboxylic acids is 1. The summed E-state index contributed by atoms with van der Waals surface area (Å²) in [6, 6.07) is 6.11. The van der Waals surface area contributed by atoms with Gasteiger partial charge >= 0.3 is 5.97 Å². The first-order chi connectivity index (χ1) is 9.58. The maximum atomic E-state index is 12.1. The molecule has 0 bridgehead atoms. The van der Waals surface area contributed by atoms with Crippen LogP contribution in [-0.2, 0) is 4.79 Å². The molecular weight excluding hydrogens is 322 g/mol. The Kier molecular flexibility index (Phi) is 5.17. The molecule has 0 saturated heterocycles. The summed E-state index contributed by atoms with van der Waals surface area (Å²) in [5, 5.41) is 12.0. The van der Waals surface area contributed by atoms with E-state index in [4.69, 9.17) is 0 Å². The molecule has 1 saturated carbocycles. The summed E-state index contributed by atoms with van der Waals surface area (Å²) in [4.78, 5) is 23.5. The molecule has 1 atom stereocenters. The first-order valence-corrected chi connectivity index (χ1v) is 7.66. The molecule has 1 fully saturated rings. The third-order valence-corrected chi connectivity index (χ3v) is 4.31. The average molecular weight is 340 g/mol. The van der Waals surface area contributed by atoms with Crippen molar-refractivity contribution in [2.75, 3.05) is 0 Å². The minimum Gasteiger partial charge on any atom is -0.480 e. The van der Waals surface area contributed by atoms with Gasteiger partial charge in [0, 0.05) is 10.0 Å². The predicted molar refractivity (Wildman–Crippen MR) is 79.6 cm³/mol. The van der Waals surface area contributed by atoms with Crippen molar-refractivity contribution in [1.29, 1.82) is 0 Å². The molecule has 2 rings (SSSR count). The highest BCUT2D eigenvalue weighted by molar-refractivity contribution is 9.10. The van der Waals surface area contributed by atoms with Crippen LogP contribution in [0.1, 0.15) is 42.5 Å². The van der Waals surface area contributed by atoms with Gasteiger partial charge in [0.2, 0.25) is 0 Å². The van der Waals surface area contributed by atoms with E-state index in [1.165, 1.54) is 0 Å². The van der Waals surface area contributed by atoms with Gasteiger partial charge in [0.15, 0.2) is 0 Å². The fourth-order valence-electron chi connectivity index (χ4n) is 2.67. The second kappa shape index (κ2) is 6.88. The van der Waals surface area contributed by atoms with E-state index in [0.29, 0.717) is 5.56 Å². The van der Waals surface area contributed by atoms with E-state index >= 15 is 0 Å².